The number of methoxy groups -OCH3 is 1. The van der Waals surface area contributed by atoms with Crippen LogP contribution in [0.1, 0.15) is 6.92 Å². The van der Waals surface area contributed by atoms with Crippen LogP contribution in [-0.4, -0.2) is 33.7 Å². The van der Waals surface area contributed by atoms with Crippen molar-refractivity contribution in [2.45, 2.75) is 13.0 Å². The fourth-order valence-electron chi connectivity index (χ4n) is 2.44. The molecule has 9 heteroatoms. The number of nitrogens with zero attached hydrogens (tertiary/aromatic N) is 1. The molecule has 0 saturated carbocycles. The van der Waals surface area contributed by atoms with Gasteiger partial charge in [0.15, 0.2) is 0 Å². The lowest BCUT2D eigenvalue weighted by atomic mass is 10.2. The van der Waals surface area contributed by atoms with Gasteiger partial charge in [-0.25, -0.2) is 12.8 Å². The van der Waals surface area contributed by atoms with E-state index >= 15 is 0 Å². The summed E-state index contributed by atoms with van der Waals surface area (Å²) < 4.78 is 43.9. The van der Waals surface area contributed by atoms with Gasteiger partial charge in [-0.2, -0.15) is 0 Å². The molecule has 0 aliphatic rings. The molecule has 0 aliphatic heterocycles. The highest BCUT2D eigenvalue weighted by molar-refractivity contribution is 7.92. The Bertz CT molecular complexity index is 921. The molecular weight excluding hydrogens is 383 g/mol. The van der Waals surface area contributed by atoms with Gasteiger partial charge in [0.25, 0.3) is 0 Å². The second-order valence-corrected chi connectivity index (χ2v) is 7.84. The molecule has 0 spiro atoms. The highest BCUT2D eigenvalue weighted by Gasteiger charge is 2.29. The van der Waals surface area contributed by atoms with Crippen molar-refractivity contribution in [1.82, 2.24) is 0 Å². The van der Waals surface area contributed by atoms with Gasteiger partial charge in [0.05, 0.1) is 24.7 Å². The van der Waals surface area contributed by atoms with Crippen LogP contribution in [0.15, 0.2) is 42.5 Å². The van der Waals surface area contributed by atoms with E-state index < -0.39 is 27.8 Å². The van der Waals surface area contributed by atoms with Crippen molar-refractivity contribution in [3.05, 3.63) is 53.3 Å². The van der Waals surface area contributed by atoms with Crippen LogP contribution in [-0.2, 0) is 14.8 Å². The molecule has 2 rings (SSSR count). The Morgan fingerprint density at radius 2 is 1.96 bits per heavy atom. The first-order valence-electron chi connectivity index (χ1n) is 7.53. The van der Waals surface area contributed by atoms with Crippen LogP contribution in [0.2, 0.25) is 5.02 Å². The Morgan fingerprint density at radius 3 is 2.54 bits per heavy atom. The summed E-state index contributed by atoms with van der Waals surface area (Å²) in [6, 6.07) is 8.52. The Balaban J connectivity index is 2.36. The predicted octanol–water partition coefficient (Wildman–Crippen LogP) is 3.28. The molecular formula is C17H18ClFN2O4S. The zero-order valence-corrected chi connectivity index (χ0v) is 15.9. The summed E-state index contributed by atoms with van der Waals surface area (Å²) >= 11 is 5.93. The highest BCUT2D eigenvalue weighted by atomic mass is 35.5. The van der Waals surface area contributed by atoms with Crippen LogP contribution in [0.25, 0.3) is 0 Å². The van der Waals surface area contributed by atoms with Gasteiger partial charge in [-0.1, -0.05) is 17.7 Å². The van der Waals surface area contributed by atoms with Gasteiger partial charge in [-0.05, 0) is 43.3 Å². The van der Waals surface area contributed by atoms with Gasteiger partial charge in [0.1, 0.15) is 17.6 Å². The smallest absolute Gasteiger partial charge is 0.248 e. The van der Waals surface area contributed by atoms with Gasteiger partial charge in [-0.3, -0.25) is 9.10 Å². The topological polar surface area (TPSA) is 75.7 Å². The molecule has 0 aromatic heterocycles. The summed E-state index contributed by atoms with van der Waals surface area (Å²) in [6.45, 7) is 1.40. The highest BCUT2D eigenvalue weighted by Crippen LogP contribution is 2.29. The van der Waals surface area contributed by atoms with Crippen molar-refractivity contribution in [2.24, 2.45) is 0 Å². The second kappa shape index (κ2) is 7.92. The first-order chi connectivity index (χ1) is 12.1. The zero-order chi connectivity index (χ0) is 19.5. The molecule has 0 aliphatic carbocycles. The number of sulfonamides is 1. The average molecular weight is 401 g/mol. The largest absolute Gasteiger partial charge is 0.495 e. The Hall–Kier alpha value is -2.32. The lowest BCUT2D eigenvalue weighted by Crippen LogP contribution is -2.45. The summed E-state index contributed by atoms with van der Waals surface area (Å²) in [5, 5.41) is 2.96. The lowest BCUT2D eigenvalue weighted by molar-refractivity contribution is -0.116. The molecule has 0 saturated heterocycles. The Kier molecular flexibility index (Phi) is 6.09. The van der Waals surface area contributed by atoms with E-state index in [-0.39, 0.29) is 5.69 Å². The van der Waals surface area contributed by atoms with Gasteiger partial charge in [0, 0.05) is 5.02 Å². The third-order valence-corrected chi connectivity index (χ3v) is 5.05. The molecule has 2 aromatic carbocycles. The maximum Gasteiger partial charge on any atom is 0.248 e. The summed E-state index contributed by atoms with van der Waals surface area (Å²) in [7, 11) is -2.42. The van der Waals surface area contributed by atoms with Gasteiger partial charge < -0.3 is 10.1 Å². The maximum absolute atomic E-state index is 13.5. The van der Waals surface area contributed by atoms with Crippen LogP contribution in [0.3, 0.4) is 0 Å². The first-order valence-corrected chi connectivity index (χ1v) is 9.75. The molecule has 0 unspecified atom stereocenters. The average Bonchev–Trinajstić information content (AvgIpc) is 2.54. The van der Waals surface area contributed by atoms with Crippen LogP contribution in [0.4, 0.5) is 15.8 Å². The van der Waals surface area contributed by atoms with E-state index in [9.17, 15) is 17.6 Å². The number of carbonyl (C=O) groups excluding carboxylic acids is 1. The van der Waals surface area contributed by atoms with Gasteiger partial charge in [0.2, 0.25) is 15.9 Å². The van der Waals surface area contributed by atoms with Crippen molar-refractivity contribution in [3.63, 3.8) is 0 Å². The number of anilines is 2. The summed E-state index contributed by atoms with van der Waals surface area (Å²) in [4.78, 5) is 12.6. The van der Waals surface area contributed by atoms with E-state index in [2.05, 4.69) is 5.32 Å². The minimum Gasteiger partial charge on any atom is -0.495 e. The summed E-state index contributed by atoms with van der Waals surface area (Å²) in [5.41, 5.74) is 0.345. The van der Waals surface area contributed by atoms with Crippen LogP contribution >= 0.6 is 11.6 Å². The number of ether oxygens (including phenoxy) is 1. The number of halogens is 2. The molecule has 6 nitrogen and oxygen atoms in total. The van der Waals surface area contributed by atoms with E-state index in [4.69, 9.17) is 16.3 Å². The predicted molar refractivity (Wildman–Crippen MR) is 99.8 cm³/mol. The SMILES string of the molecule is COc1ccc(Cl)cc1NC(=O)[C@@H](C)N(c1cccc(F)c1)S(C)(=O)=O. The fourth-order valence-corrected chi connectivity index (χ4v) is 3.78. The van der Waals surface area contributed by atoms with E-state index in [0.717, 1.165) is 16.6 Å². The molecule has 0 heterocycles. The third-order valence-electron chi connectivity index (χ3n) is 3.57. The monoisotopic (exact) mass is 400 g/mol. The molecule has 1 atom stereocenters. The van der Waals surface area contributed by atoms with E-state index in [1.807, 2.05) is 0 Å². The number of carbonyl (C=O) groups is 1. The number of amides is 1. The molecule has 26 heavy (non-hydrogen) atoms. The molecule has 1 N–H and O–H groups in total. The maximum atomic E-state index is 13.5. The number of hydrogen-bond donors (Lipinski definition) is 1. The molecule has 0 fully saturated rings. The third kappa shape index (κ3) is 4.64. The standard InChI is InChI=1S/C17H18ClFN2O4S/c1-11(17(22)20-15-9-12(18)7-8-16(15)25-2)21(26(3,23)24)14-6-4-5-13(19)10-14/h4-11H,1-3H3,(H,20,22)/t11-/m1/s1. The van der Waals surface area contributed by atoms with E-state index in [1.165, 1.54) is 38.3 Å². The minimum absolute atomic E-state index is 0.0493. The molecule has 140 valence electrons. The van der Waals surface area contributed by atoms with Crippen molar-refractivity contribution < 1.29 is 22.3 Å². The normalized spacial score (nSPS) is 12.3. The van der Waals surface area contributed by atoms with Crippen LogP contribution in [0, 0.1) is 5.82 Å². The zero-order valence-electron chi connectivity index (χ0n) is 14.4. The fraction of sp³-hybridized carbons (Fsp3) is 0.235. The van der Waals surface area contributed by atoms with Gasteiger partial charge in [-0.15, -0.1) is 0 Å². The van der Waals surface area contributed by atoms with Crippen molar-refractivity contribution in [3.8, 4) is 5.75 Å². The number of hydrogen-bond acceptors (Lipinski definition) is 4. The van der Waals surface area contributed by atoms with Crippen molar-refractivity contribution >= 4 is 38.9 Å². The van der Waals surface area contributed by atoms with Crippen molar-refractivity contribution in [2.75, 3.05) is 23.0 Å². The Labute approximate surface area is 156 Å². The number of benzene rings is 2. The summed E-state index contributed by atoms with van der Waals surface area (Å²) in [5.74, 6) is -0.868. The molecule has 1 amide bonds. The Morgan fingerprint density at radius 1 is 1.27 bits per heavy atom. The van der Waals surface area contributed by atoms with Crippen LogP contribution in [0.5, 0.6) is 5.75 Å². The first kappa shape index (κ1) is 20.0. The molecule has 0 bridgehead atoms. The quantitative estimate of drug-likeness (QED) is 0.807. The number of nitrogens with one attached hydrogen (secondary N) is 1. The van der Waals surface area contributed by atoms with E-state index in [0.29, 0.717) is 16.5 Å². The molecule has 2 aromatic rings. The van der Waals surface area contributed by atoms with Crippen LogP contribution < -0.4 is 14.4 Å². The lowest BCUT2D eigenvalue weighted by Gasteiger charge is -2.28. The summed E-state index contributed by atoms with van der Waals surface area (Å²) in [6.07, 6.45) is 0.946. The number of rotatable bonds is 6. The minimum atomic E-state index is -3.85. The molecule has 0 radical (unpaired) electrons. The second-order valence-electron chi connectivity index (χ2n) is 5.55. The van der Waals surface area contributed by atoms with Gasteiger partial charge >= 0.3 is 0 Å². The van der Waals surface area contributed by atoms with E-state index in [1.54, 1.807) is 12.1 Å². The van der Waals surface area contributed by atoms with Crippen molar-refractivity contribution in [1.29, 1.82) is 0 Å².